The highest BCUT2D eigenvalue weighted by atomic mass is 35.5. The van der Waals surface area contributed by atoms with Gasteiger partial charge in [0.2, 0.25) is 0 Å². The second-order valence-electron chi connectivity index (χ2n) is 5.31. The molecule has 0 fully saturated rings. The van der Waals surface area contributed by atoms with E-state index in [1.807, 2.05) is 12.1 Å². The summed E-state index contributed by atoms with van der Waals surface area (Å²) in [6.45, 7) is 6.07. The largest absolute Gasteiger partial charge is 0.344 e. The van der Waals surface area contributed by atoms with Crippen molar-refractivity contribution in [3.8, 4) is 0 Å². The van der Waals surface area contributed by atoms with Crippen molar-refractivity contribution in [1.82, 2.24) is 5.32 Å². The Balaban J connectivity index is 2.31. The van der Waals surface area contributed by atoms with Crippen LogP contribution < -0.4 is 10.2 Å². The number of halogens is 1. The van der Waals surface area contributed by atoms with Crippen molar-refractivity contribution in [2.45, 2.75) is 26.8 Å². The minimum Gasteiger partial charge on any atom is -0.344 e. The van der Waals surface area contributed by atoms with E-state index >= 15 is 0 Å². The van der Waals surface area contributed by atoms with Crippen LogP contribution in [-0.4, -0.2) is 13.6 Å². The summed E-state index contributed by atoms with van der Waals surface area (Å²) in [6, 6.07) is 14.6. The summed E-state index contributed by atoms with van der Waals surface area (Å²) in [4.78, 5) is 2.20. The van der Waals surface area contributed by atoms with Gasteiger partial charge in [0.15, 0.2) is 0 Å². The first-order valence-corrected chi connectivity index (χ1v) is 7.79. The maximum atomic E-state index is 6.40. The lowest BCUT2D eigenvalue weighted by molar-refractivity contribution is 0.675. The van der Waals surface area contributed by atoms with E-state index in [2.05, 4.69) is 61.4 Å². The van der Waals surface area contributed by atoms with Gasteiger partial charge in [-0.05, 0) is 49.7 Å². The van der Waals surface area contributed by atoms with Gasteiger partial charge in [-0.1, -0.05) is 36.7 Å². The normalized spacial score (nSPS) is 10.7. The average Bonchev–Trinajstić information content (AvgIpc) is 2.48. The zero-order valence-electron chi connectivity index (χ0n) is 13.0. The molecular formula is C18H23ClN2. The molecule has 0 aliphatic heterocycles. The first-order chi connectivity index (χ1) is 10.1. The van der Waals surface area contributed by atoms with Crippen LogP contribution in [0.25, 0.3) is 0 Å². The van der Waals surface area contributed by atoms with Crippen molar-refractivity contribution in [3.05, 3.63) is 58.6 Å². The minimum absolute atomic E-state index is 0.791. The average molecular weight is 303 g/mol. The van der Waals surface area contributed by atoms with E-state index in [9.17, 15) is 0 Å². The van der Waals surface area contributed by atoms with Gasteiger partial charge in [-0.25, -0.2) is 0 Å². The van der Waals surface area contributed by atoms with Crippen molar-refractivity contribution < 1.29 is 0 Å². The highest BCUT2D eigenvalue weighted by molar-refractivity contribution is 6.31. The Morgan fingerprint density at radius 1 is 1.14 bits per heavy atom. The van der Waals surface area contributed by atoms with E-state index in [4.69, 9.17) is 11.6 Å². The number of anilines is 2. The molecule has 0 atom stereocenters. The standard InChI is InChI=1S/C18H23ClN2/c1-4-11-20-13-16-17(19)9-6-10-18(16)21(3)15-8-5-7-14(2)12-15/h5-10,12,20H,4,11,13H2,1-3H3. The maximum absolute atomic E-state index is 6.40. The fraction of sp³-hybridized carbons (Fsp3) is 0.333. The van der Waals surface area contributed by atoms with Crippen molar-refractivity contribution in [1.29, 1.82) is 0 Å². The first kappa shape index (κ1) is 15.9. The molecule has 0 unspecified atom stereocenters. The van der Waals surface area contributed by atoms with Crippen LogP contribution in [0.1, 0.15) is 24.5 Å². The SMILES string of the molecule is CCCNCc1c(Cl)cccc1N(C)c1cccc(C)c1. The summed E-state index contributed by atoms with van der Waals surface area (Å²) in [5, 5.41) is 4.25. The summed E-state index contributed by atoms with van der Waals surface area (Å²) in [5.74, 6) is 0. The molecule has 0 aliphatic carbocycles. The second kappa shape index (κ2) is 7.48. The quantitative estimate of drug-likeness (QED) is 0.762. The lowest BCUT2D eigenvalue weighted by Crippen LogP contribution is -2.18. The van der Waals surface area contributed by atoms with Crippen molar-refractivity contribution in [3.63, 3.8) is 0 Å². The summed E-state index contributed by atoms with van der Waals surface area (Å²) in [7, 11) is 2.09. The van der Waals surface area contributed by atoms with Gasteiger partial charge >= 0.3 is 0 Å². The van der Waals surface area contributed by atoms with E-state index in [1.54, 1.807) is 0 Å². The molecule has 0 spiro atoms. The number of hydrogen-bond acceptors (Lipinski definition) is 2. The van der Waals surface area contributed by atoms with Crippen molar-refractivity contribution in [2.24, 2.45) is 0 Å². The van der Waals surface area contributed by atoms with Crippen LogP contribution in [0.3, 0.4) is 0 Å². The monoisotopic (exact) mass is 302 g/mol. The molecule has 2 aromatic carbocycles. The van der Waals surface area contributed by atoms with Crippen LogP contribution in [0.5, 0.6) is 0 Å². The van der Waals surface area contributed by atoms with Crippen LogP contribution in [0.2, 0.25) is 5.02 Å². The van der Waals surface area contributed by atoms with Crippen LogP contribution in [-0.2, 0) is 6.54 Å². The molecule has 0 radical (unpaired) electrons. The van der Waals surface area contributed by atoms with Crippen LogP contribution in [0.15, 0.2) is 42.5 Å². The molecular weight excluding hydrogens is 280 g/mol. The summed E-state index contributed by atoms with van der Waals surface area (Å²) < 4.78 is 0. The second-order valence-corrected chi connectivity index (χ2v) is 5.72. The Morgan fingerprint density at radius 2 is 1.90 bits per heavy atom. The Morgan fingerprint density at radius 3 is 2.62 bits per heavy atom. The Bertz CT molecular complexity index is 596. The van der Waals surface area contributed by atoms with E-state index in [0.717, 1.165) is 35.8 Å². The zero-order valence-corrected chi connectivity index (χ0v) is 13.7. The molecule has 0 aliphatic rings. The summed E-state index contributed by atoms with van der Waals surface area (Å²) in [6.07, 6.45) is 1.12. The lowest BCUT2D eigenvalue weighted by Gasteiger charge is -2.24. The van der Waals surface area contributed by atoms with E-state index < -0.39 is 0 Å². The summed E-state index contributed by atoms with van der Waals surface area (Å²) >= 11 is 6.40. The molecule has 2 rings (SSSR count). The van der Waals surface area contributed by atoms with Gasteiger partial charge in [-0.2, -0.15) is 0 Å². The highest BCUT2D eigenvalue weighted by Crippen LogP contribution is 2.31. The predicted octanol–water partition coefficient (Wildman–Crippen LogP) is 4.92. The van der Waals surface area contributed by atoms with Crippen molar-refractivity contribution >= 4 is 23.0 Å². The maximum Gasteiger partial charge on any atom is 0.0471 e. The highest BCUT2D eigenvalue weighted by Gasteiger charge is 2.12. The minimum atomic E-state index is 0.791. The third-order valence-electron chi connectivity index (χ3n) is 3.57. The number of nitrogens with one attached hydrogen (secondary N) is 1. The van der Waals surface area contributed by atoms with Crippen LogP contribution >= 0.6 is 11.6 Å². The van der Waals surface area contributed by atoms with Gasteiger partial charge in [0.05, 0.1) is 0 Å². The third kappa shape index (κ3) is 3.99. The van der Waals surface area contributed by atoms with E-state index in [0.29, 0.717) is 0 Å². The van der Waals surface area contributed by atoms with Crippen LogP contribution in [0, 0.1) is 6.92 Å². The molecule has 0 amide bonds. The van der Waals surface area contributed by atoms with Gasteiger partial charge in [-0.15, -0.1) is 0 Å². The van der Waals surface area contributed by atoms with Crippen molar-refractivity contribution in [2.75, 3.05) is 18.5 Å². The fourth-order valence-corrected chi connectivity index (χ4v) is 2.64. The molecule has 21 heavy (non-hydrogen) atoms. The molecule has 2 aromatic rings. The molecule has 0 aromatic heterocycles. The summed E-state index contributed by atoms with van der Waals surface area (Å²) in [5.41, 5.74) is 4.73. The molecule has 112 valence electrons. The molecule has 0 saturated heterocycles. The number of hydrogen-bond donors (Lipinski definition) is 1. The Kier molecular flexibility index (Phi) is 5.66. The smallest absolute Gasteiger partial charge is 0.0471 e. The molecule has 1 N–H and O–H groups in total. The van der Waals surface area contributed by atoms with Crippen LogP contribution in [0.4, 0.5) is 11.4 Å². The topological polar surface area (TPSA) is 15.3 Å². The molecule has 0 heterocycles. The van der Waals surface area contributed by atoms with Gasteiger partial charge in [0.25, 0.3) is 0 Å². The predicted molar refractivity (Wildman–Crippen MR) is 92.7 cm³/mol. The molecule has 0 bridgehead atoms. The number of benzene rings is 2. The Hall–Kier alpha value is -1.51. The molecule has 3 heteroatoms. The third-order valence-corrected chi connectivity index (χ3v) is 3.93. The number of aryl methyl sites for hydroxylation is 1. The molecule has 2 nitrogen and oxygen atoms in total. The lowest BCUT2D eigenvalue weighted by atomic mass is 10.1. The fourth-order valence-electron chi connectivity index (χ4n) is 2.40. The first-order valence-electron chi connectivity index (χ1n) is 7.42. The van der Waals surface area contributed by atoms with E-state index in [-0.39, 0.29) is 0 Å². The van der Waals surface area contributed by atoms with Gasteiger partial charge in [0, 0.05) is 35.6 Å². The molecule has 0 saturated carbocycles. The van der Waals surface area contributed by atoms with Gasteiger partial charge in [-0.3, -0.25) is 0 Å². The van der Waals surface area contributed by atoms with Gasteiger partial charge < -0.3 is 10.2 Å². The van der Waals surface area contributed by atoms with Gasteiger partial charge in [0.1, 0.15) is 0 Å². The zero-order chi connectivity index (χ0) is 15.2. The number of rotatable bonds is 6. The Labute approximate surface area is 132 Å². The van der Waals surface area contributed by atoms with E-state index in [1.165, 1.54) is 11.3 Å². The number of nitrogens with zero attached hydrogens (tertiary/aromatic N) is 1.